The van der Waals surface area contributed by atoms with Gasteiger partial charge in [-0.05, 0) is 49.3 Å². The van der Waals surface area contributed by atoms with Gasteiger partial charge < -0.3 is 10.2 Å². The lowest BCUT2D eigenvalue weighted by Crippen LogP contribution is -2.45. The van der Waals surface area contributed by atoms with Crippen LogP contribution in [0.1, 0.15) is 38.2 Å². The highest BCUT2D eigenvalue weighted by molar-refractivity contribution is 7.89. The molecule has 1 aromatic rings. The zero-order valence-corrected chi connectivity index (χ0v) is 15.8. The van der Waals surface area contributed by atoms with E-state index in [-0.39, 0.29) is 6.04 Å². The molecular weight excluding hydrogens is 336 g/mol. The highest BCUT2D eigenvalue weighted by atomic mass is 32.2. The zero-order valence-electron chi connectivity index (χ0n) is 15.0. The number of hydrogen-bond donors (Lipinski definition) is 2. The van der Waals surface area contributed by atoms with Gasteiger partial charge in [0.2, 0.25) is 10.0 Å². The number of sulfonamides is 1. The molecule has 0 spiro atoms. The topological polar surface area (TPSA) is 73.8 Å². The van der Waals surface area contributed by atoms with Gasteiger partial charge in [0.25, 0.3) is 0 Å². The van der Waals surface area contributed by atoms with Crippen molar-refractivity contribution in [1.29, 1.82) is 0 Å². The van der Waals surface area contributed by atoms with Gasteiger partial charge >= 0.3 is 0 Å². The first-order valence-corrected chi connectivity index (χ1v) is 10.5. The number of nitrogens with zero attached hydrogens (tertiary/aromatic N) is 2. The second kappa shape index (κ2) is 7.74. The van der Waals surface area contributed by atoms with Crippen LogP contribution in [-0.4, -0.2) is 45.5 Å². The molecule has 0 aromatic heterocycles. The summed E-state index contributed by atoms with van der Waals surface area (Å²) in [5.41, 5.74) is 1.04. The van der Waals surface area contributed by atoms with Crippen molar-refractivity contribution >= 4 is 16.0 Å². The third kappa shape index (κ3) is 4.95. The molecule has 2 aliphatic rings. The van der Waals surface area contributed by atoms with Crippen LogP contribution in [0.4, 0.5) is 0 Å². The largest absolute Gasteiger partial charge is 0.352 e. The van der Waals surface area contributed by atoms with Gasteiger partial charge in [-0.25, -0.2) is 13.1 Å². The predicted molar refractivity (Wildman–Crippen MR) is 100.0 cm³/mol. The maximum absolute atomic E-state index is 12.2. The van der Waals surface area contributed by atoms with Crippen molar-refractivity contribution in [3.63, 3.8) is 0 Å². The van der Waals surface area contributed by atoms with E-state index in [1.54, 1.807) is 19.2 Å². The number of aliphatic imine (C=N–C) groups is 1. The fraction of sp³-hybridized carbons (Fsp3) is 0.611. The van der Waals surface area contributed by atoms with E-state index < -0.39 is 10.0 Å². The van der Waals surface area contributed by atoms with Gasteiger partial charge in [0.15, 0.2) is 5.96 Å². The first-order valence-electron chi connectivity index (χ1n) is 9.05. The third-order valence-electron chi connectivity index (χ3n) is 4.75. The summed E-state index contributed by atoms with van der Waals surface area (Å²) in [7, 11) is -1.57. The average molecular weight is 365 g/mol. The van der Waals surface area contributed by atoms with E-state index >= 15 is 0 Å². The van der Waals surface area contributed by atoms with Crippen LogP contribution in [0.2, 0.25) is 0 Å². The molecule has 1 aliphatic carbocycles. The Hall–Kier alpha value is -1.60. The maximum Gasteiger partial charge on any atom is 0.240 e. The quantitative estimate of drug-likeness (QED) is 0.618. The van der Waals surface area contributed by atoms with Gasteiger partial charge in [-0.1, -0.05) is 19.1 Å². The summed E-state index contributed by atoms with van der Waals surface area (Å²) >= 11 is 0. The smallest absolute Gasteiger partial charge is 0.240 e. The van der Waals surface area contributed by atoms with Crippen LogP contribution in [0.5, 0.6) is 0 Å². The fourth-order valence-electron chi connectivity index (χ4n) is 3.17. The minimum absolute atomic E-state index is 0.126. The van der Waals surface area contributed by atoms with Crippen LogP contribution in [-0.2, 0) is 16.6 Å². The fourth-order valence-corrected chi connectivity index (χ4v) is 4.48. The Balaban J connectivity index is 1.57. The number of hydrogen-bond acceptors (Lipinski definition) is 3. The Morgan fingerprint density at radius 2 is 1.96 bits per heavy atom. The van der Waals surface area contributed by atoms with Crippen molar-refractivity contribution in [2.45, 2.75) is 50.1 Å². The zero-order chi connectivity index (χ0) is 17.9. The van der Waals surface area contributed by atoms with Crippen LogP contribution in [0.15, 0.2) is 34.2 Å². The highest BCUT2D eigenvalue weighted by Gasteiger charge is 2.27. The van der Waals surface area contributed by atoms with Gasteiger partial charge in [-0.2, -0.15) is 0 Å². The number of rotatable bonds is 5. The summed E-state index contributed by atoms with van der Waals surface area (Å²) in [5, 5.41) is 3.39. The molecule has 0 amide bonds. The maximum atomic E-state index is 12.2. The van der Waals surface area contributed by atoms with Crippen molar-refractivity contribution < 1.29 is 8.42 Å². The molecule has 2 N–H and O–H groups in total. The Labute approximate surface area is 150 Å². The molecule has 1 saturated heterocycles. The van der Waals surface area contributed by atoms with Crippen LogP contribution in [0.25, 0.3) is 0 Å². The molecule has 0 bridgehead atoms. The van der Waals surface area contributed by atoms with E-state index in [4.69, 9.17) is 0 Å². The average Bonchev–Trinajstić information content (AvgIpc) is 3.39. The van der Waals surface area contributed by atoms with Gasteiger partial charge in [-0.15, -0.1) is 0 Å². The summed E-state index contributed by atoms with van der Waals surface area (Å²) in [6.45, 7) is 4.97. The van der Waals surface area contributed by atoms with Crippen molar-refractivity contribution in [2.75, 3.05) is 20.1 Å². The normalized spacial score (nSPS) is 22.1. The summed E-state index contributed by atoms with van der Waals surface area (Å²) in [6.07, 6.45) is 4.35. The van der Waals surface area contributed by atoms with Crippen LogP contribution in [0, 0.1) is 5.92 Å². The van der Waals surface area contributed by atoms with Gasteiger partial charge in [-0.3, -0.25) is 4.99 Å². The van der Waals surface area contributed by atoms with E-state index in [1.807, 2.05) is 12.1 Å². The van der Waals surface area contributed by atoms with Gasteiger partial charge in [0, 0.05) is 32.7 Å². The minimum Gasteiger partial charge on any atom is -0.352 e. The van der Waals surface area contributed by atoms with E-state index in [2.05, 4.69) is 26.9 Å². The van der Waals surface area contributed by atoms with E-state index in [0.717, 1.165) is 37.5 Å². The number of piperidine rings is 1. The summed E-state index contributed by atoms with van der Waals surface area (Å²) in [6, 6.07) is 7.20. The van der Waals surface area contributed by atoms with Gasteiger partial charge in [0.1, 0.15) is 0 Å². The van der Waals surface area contributed by atoms with Crippen LogP contribution >= 0.6 is 0 Å². The molecule has 6 nitrogen and oxygen atoms in total. The molecule has 1 aromatic carbocycles. The molecule has 0 radical (unpaired) electrons. The molecule has 2 fully saturated rings. The SMILES string of the molecule is CN=C(NCc1ccc(S(=O)(=O)NC2CC2)cc1)N1CCCC(C)C1. The molecule has 138 valence electrons. The van der Waals surface area contributed by atoms with Gasteiger partial charge in [0.05, 0.1) is 4.90 Å². The Morgan fingerprint density at radius 3 is 2.56 bits per heavy atom. The Kier molecular flexibility index (Phi) is 5.64. The summed E-state index contributed by atoms with van der Waals surface area (Å²) in [4.78, 5) is 7.01. The lowest BCUT2D eigenvalue weighted by Gasteiger charge is -2.33. The number of likely N-dealkylation sites (tertiary alicyclic amines) is 1. The lowest BCUT2D eigenvalue weighted by atomic mass is 10.0. The van der Waals surface area contributed by atoms with Crippen LogP contribution in [0.3, 0.4) is 0 Å². The first-order chi connectivity index (χ1) is 12.0. The summed E-state index contributed by atoms with van der Waals surface area (Å²) < 4.78 is 27.1. The van der Waals surface area contributed by atoms with Crippen molar-refractivity contribution in [1.82, 2.24) is 14.9 Å². The Bertz CT molecular complexity index is 711. The van der Waals surface area contributed by atoms with Crippen LogP contribution < -0.4 is 10.0 Å². The van der Waals surface area contributed by atoms with E-state index in [1.165, 1.54) is 12.8 Å². The molecule has 7 heteroatoms. The molecule has 1 atom stereocenters. The summed E-state index contributed by atoms with van der Waals surface area (Å²) in [5.74, 6) is 1.61. The third-order valence-corrected chi connectivity index (χ3v) is 6.29. The molecule has 1 unspecified atom stereocenters. The predicted octanol–water partition coefficient (Wildman–Crippen LogP) is 1.93. The molecule has 1 saturated carbocycles. The highest BCUT2D eigenvalue weighted by Crippen LogP contribution is 2.22. The number of guanidine groups is 1. The second-order valence-corrected chi connectivity index (χ2v) is 8.85. The van der Waals surface area contributed by atoms with Crippen molar-refractivity contribution in [3.8, 4) is 0 Å². The first kappa shape index (κ1) is 18.2. The molecular formula is C18H28N4O2S. The second-order valence-electron chi connectivity index (χ2n) is 7.13. The molecule has 25 heavy (non-hydrogen) atoms. The van der Waals surface area contributed by atoms with E-state index in [9.17, 15) is 8.42 Å². The number of nitrogens with one attached hydrogen (secondary N) is 2. The molecule has 1 aliphatic heterocycles. The molecule has 3 rings (SSSR count). The minimum atomic E-state index is -3.38. The number of benzene rings is 1. The van der Waals surface area contributed by atoms with E-state index in [0.29, 0.717) is 17.4 Å². The van der Waals surface area contributed by atoms with Crippen molar-refractivity contribution in [3.05, 3.63) is 29.8 Å². The molecule has 1 heterocycles. The Morgan fingerprint density at radius 1 is 1.24 bits per heavy atom. The lowest BCUT2D eigenvalue weighted by molar-refractivity contribution is 0.266. The standard InChI is InChI=1S/C18H28N4O2S/c1-14-4-3-11-22(13-14)18(19-2)20-12-15-5-9-17(10-6-15)25(23,24)21-16-7-8-16/h5-6,9-10,14,16,21H,3-4,7-8,11-13H2,1-2H3,(H,19,20). The monoisotopic (exact) mass is 364 g/mol. The van der Waals surface area contributed by atoms with Crippen molar-refractivity contribution in [2.24, 2.45) is 10.9 Å².